The predicted octanol–water partition coefficient (Wildman–Crippen LogP) is 8.79. The van der Waals surface area contributed by atoms with Crippen molar-refractivity contribution in [2.24, 2.45) is 0 Å². The average molecular weight is 583 g/mol. The molecule has 4 nitrogen and oxygen atoms in total. The van der Waals surface area contributed by atoms with Crippen molar-refractivity contribution in [1.29, 1.82) is 0 Å². The van der Waals surface area contributed by atoms with Crippen LogP contribution in [-0.4, -0.2) is 42.5 Å². The van der Waals surface area contributed by atoms with Crippen LogP contribution in [0.25, 0.3) is 17.2 Å². The molecule has 3 aromatic rings. The monoisotopic (exact) mass is 581 g/mol. The van der Waals surface area contributed by atoms with Crippen LogP contribution in [0.4, 0.5) is 4.39 Å². The lowest BCUT2D eigenvalue weighted by Gasteiger charge is -2.22. The van der Waals surface area contributed by atoms with E-state index >= 15 is 0 Å². The van der Waals surface area contributed by atoms with Crippen LogP contribution in [0.2, 0.25) is 10.0 Å². The SMILES string of the molecule is CCCN(CCCF)COc1ccc(C2=C(c3ccc(Cl)cc3Cl)CCCc3cc(/C=C/C(=O)O)ccc32)cc1. The Morgan fingerprint density at radius 1 is 1.02 bits per heavy atom. The number of carbonyl (C=O) groups is 1. The van der Waals surface area contributed by atoms with Gasteiger partial charge in [-0.05, 0) is 101 Å². The fourth-order valence-corrected chi connectivity index (χ4v) is 5.66. The highest BCUT2D eigenvalue weighted by atomic mass is 35.5. The van der Waals surface area contributed by atoms with Crippen molar-refractivity contribution < 1.29 is 19.0 Å². The van der Waals surface area contributed by atoms with E-state index in [-0.39, 0.29) is 6.67 Å². The number of hydrogen-bond acceptors (Lipinski definition) is 3. The van der Waals surface area contributed by atoms with Crippen LogP contribution in [0.3, 0.4) is 0 Å². The molecule has 0 atom stereocenters. The Morgan fingerprint density at radius 2 is 1.80 bits per heavy atom. The number of aliphatic carboxylic acids is 1. The molecule has 40 heavy (non-hydrogen) atoms. The van der Waals surface area contributed by atoms with Crippen molar-refractivity contribution in [3.8, 4) is 5.75 Å². The predicted molar refractivity (Wildman–Crippen MR) is 163 cm³/mol. The summed E-state index contributed by atoms with van der Waals surface area (Å²) in [4.78, 5) is 13.2. The molecular weight excluding hydrogens is 548 g/mol. The summed E-state index contributed by atoms with van der Waals surface area (Å²) in [6, 6.07) is 19.8. The first kappa shape index (κ1) is 29.9. The van der Waals surface area contributed by atoms with Gasteiger partial charge in [0.05, 0.1) is 6.67 Å². The number of aryl methyl sites for hydroxylation is 1. The van der Waals surface area contributed by atoms with E-state index in [1.54, 1.807) is 12.1 Å². The maximum atomic E-state index is 12.7. The molecular formula is C33H34Cl2FNO3. The number of allylic oxidation sites excluding steroid dienone is 1. The molecule has 210 valence electrons. The quantitative estimate of drug-likeness (QED) is 0.171. The van der Waals surface area contributed by atoms with Gasteiger partial charge in [0.2, 0.25) is 0 Å². The number of fused-ring (bicyclic) bond motifs is 1. The highest BCUT2D eigenvalue weighted by Crippen LogP contribution is 2.42. The first-order valence-corrected chi connectivity index (χ1v) is 14.4. The number of benzene rings is 3. The largest absolute Gasteiger partial charge is 0.478 e. The van der Waals surface area contributed by atoms with E-state index in [1.165, 1.54) is 0 Å². The summed E-state index contributed by atoms with van der Waals surface area (Å²) < 4.78 is 18.7. The second kappa shape index (κ2) is 14.5. The zero-order valence-corrected chi connectivity index (χ0v) is 24.1. The third-order valence-electron chi connectivity index (χ3n) is 6.95. The summed E-state index contributed by atoms with van der Waals surface area (Å²) >= 11 is 12.9. The molecule has 0 saturated carbocycles. The molecule has 1 aliphatic rings. The molecule has 3 aromatic carbocycles. The van der Waals surface area contributed by atoms with Crippen molar-refractivity contribution in [2.75, 3.05) is 26.5 Å². The van der Waals surface area contributed by atoms with Gasteiger partial charge < -0.3 is 9.84 Å². The number of carboxylic acid groups (broad SMARTS) is 1. The molecule has 0 heterocycles. The molecule has 0 fully saturated rings. The van der Waals surface area contributed by atoms with Gasteiger partial charge in [-0.15, -0.1) is 0 Å². The fraction of sp³-hybridized carbons (Fsp3) is 0.303. The molecule has 0 radical (unpaired) electrons. The maximum absolute atomic E-state index is 12.7. The second-order valence-electron chi connectivity index (χ2n) is 9.88. The second-order valence-corrected chi connectivity index (χ2v) is 10.7. The number of carboxylic acids is 1. The Hall–Kier alpha value is -3.12. The molecule has 0 amide bonds. The first-order valence-electron chi connectivity index (χ1n) is 13.6. The zero-order chi connectivity index (χ0) is 28.5. The van der Waals surface area contributed by atoms with E-state index in [2.05, 4.69) is 36.1 Å². The van der Waals surface area contributed by atoms with Crippen molar-refractivity contribution in [3.63, 3.8) is 0 Å². The standard InChI is InChI=1S/C33H34Cl2FNO3/c1-2-18-37(19-4-17-36)22-40-27-12-9-24(10-13-27)33-28-14-7-23(8-16-32(38)39)20-25(28)5-3-6-30(33)29-15-11-26(34)21-31(29)35/h7-16,20-21H,2-6,17-19,22H2,1H3,(H,38,39)/b16-8+. The molecule has 0 saturated heterocycles. The van der Waals surface area contributed by atoms with Crippen molar-refractivity contribution in [1.82, 2.24) is 4.90 Å². The minimum absolute atomic E-state index is 0.331. The van der Waals surface area contributed by atoms with E-state index in [0.29, 0.717) is 29.7 Å². The normalized spacial score (nSPS) is 13.5. The van der Waals surface area contributed by atoms with Gasteiger partial charge >= 0.3 is 5.97 Å². The number of rotatable bonds is 12. The van der Waals surface area contributed by atoms with Gasteiger partial charge in [0.15, 0.2) is 0 Å². The lowest BCUT2D eigenvalue weighted by Crippen LogP contribution is -2.30. The van der Waals surface area contributed by atoms with Crippen LogP contribution in [0.15, 0.2) is 66.7 Å². The lowest BCUT2D eigenvalue weighted by molar-refractivity contribution is -0.131. The van der Waals surface area contributed by atoms with E-state index < -0.39 is 5.97 Å². The molecule has 0 unspecified atom stereocenters. The highest BCUT2D eigenvalue weighted by molar-refractivity contribution is 6.36. The van der Waals surface area contributed by atoms with E-state index in [4.69, 9.17) is 33.0 Å². The van der Waals surface area contributed by atoms with Crippen molar-refractivity contribution >= 4 is 46.4 Å². The van der Waals surface area contributed by atoms with Crippen LogP contribution < -0.4 is 4.74 Å². The van der Waals surface area contributed by atoms with Crippen molar-refractivity contribution in [3.05, 3.63) is 105 Å². The van der Waals surface area contributed by atoms with Gasteiger partial charge in [0.25, 0.3) is 0 Å². The highest BCUT2D eigenvalue weighted by Gasteiger charge is 2.22. The topological polar surface area (TPSA) is 49.8 Å². The average Bonchev–Trinajstić information content (AvgIpc) is 3.13. The van der Waals surface area contributed by atoms with E-state index in [9.17, 15) is 9.18 Å². The third-order valence-corrected chi connectivity index (χ3v) is 7.50. The Bertz CT molecular complexity index is 1380. The number of halogens is 3. The fourth-order valence-electron chi connectivity index (χ4n) is 5.14. The zero-order valence-electron chi connectivity index (χ0n) is 22.6. The van der Waals surface area contributed by atoms with Crippen LogP contribution in [0.5, 0.6) is 5.75 Å². The minimum atomic E-state index is -0.974. The Kier molecular flexibility index (Phi) is 10.8. The Balaban J connectivity index is 1.73. The molecule has 7 heteroatoms. The number of nitrogens with zero attached hydrogens (tertiary/aromatic N) is 1. The summed E-state index contributed by atoms with van der Waals surface area (Å²) in [5.74, 6) is -0.225. The van der Waals surface area contributed by atoms with Gasteiger partial charge in [0, 0.05) is 29.2 Å². The van der Waals surface area contributed by atoms with Crippen molar-refractivity contribution in [2.45, 2.75) is 39.0 Å². The van der Waals surface area contributed by atoms with Crippen LogP contribution in [0, 0.1) is 0 Å². The molecule has 1 N–H and O–H groups in total. The van der Waals surface area contributed by atoms with Gasteiger partial charge in [-0.25, -0.2) is 4.79 Å². The molecule has 0 bridgehead atoms. The van der Waals surface area contributed by atoms with Crippen LogP contribution in [0.1, 0.15) is 60.4 Å². The maximum Gasteiger partial charge on any atom is 0.328 e. The summed E-state index contributed by atoms with van der Waals surface area (Å²) in [5.41, 5.74) is 7.32. The molecule has 1 aliphatic carbocycles. The molecule has 0 aliphatic heterocycles. The summed E-state index contributed by atoms with van der Waals surface area (Å²) in [7, 11) is 0. The van der Waals surface area contributed by atoms with Gasteiger partial charge in [-0.3, -0.25) is 9.29 Å². The van der Waals surface area contributed by atoms with Crippen LogP contribution in [-0.2, 0) is 11.2 Å². The van der Waals surface area contributed by atoms with Crippen LogP contribution >= 0.6 is 23.2 Å². The Morgan fingerprint density at radius 3 is 2.50 bits per heavy atom. The first-order chi connectivity index (χ1) is 19.4. The lowest BCUT2D eigenvalue weighted by atomic mass is 9.87. The smallest absolute Gasteiger partial charge is 0.328 e. The van der Waals surface area contributed by atoms with Gasteiger partial charge in [0.1, 0.15) is 12.5 Å². The number of hydrogen-bond donors (Lipinski definition) is 1. The molecule has 4 rings (SSSR count). The number of ether oxygens (including phenoxy) is 1. The van der Waals surface area contributed by atoms with E-state index in [1.807, 2.05) is 30.3 Å². The summed E-state index contributed by atoms with van der Waals surface area (Å²) in [5, 5.41) is 10.3. The van der Waals surface area contributed by atoms with Gasteiger partial charge in [-0.2, -0.15) is 0 Å². The summed E-state index contributed by atoms with van der Waals surface area (Å²) in [6.07, 6.45) is 6.86. The Labute approximate surface area is 245 Å². The summed E-state index contributed by atoms with van der Waals surface area (Å²) in [6.45, 7) is 3.71. The van der Waals surface area contributed by atoms with E-state index in [0.717, 1.165) is 83.0 Å². The third kappa shape index (κ3) is 7.75. The minimum Gasteiger partial charge on any atom is -0.478 e. The number of alkyl halides is 1. The van der Waals surface area contributed by atoms with Gasteiger partial charge in [-0.1, -0.05) is 66.5 Å². The molecule has 0 spiro atoms. The molecule has 0 aromatic heterocycles.